The molecule has 0 radical (unpaired) electrons. The zero-order valence-corrected chi connectivity index (χ0v) is 9.12. The lowest BCUT2D eigenvalue weighted by Gasteiger charge is -2.30. The Balaban J connectivity index is 2.46. The molecule has 5 heteroatoms. The molecule has 1 aliphatic rings. The van der Waals surface area contributed by atoms with Gasteiger partial charge < -0.3 is 20.8 Å². The van der Waals surface area contributed by atoms with E-state index in [1.807, 2.05) is 0 Å². The van der Waals surface area contributed by atoms with Crippen LogP contribution in [0.5, 0.6) is 0 Å². The van der Waals surface area contributed by atoms with E-state index in [2.05, 4.69) is 10.6 Å². The number of aliphatic hydroxyl groups excluding tert-OH is 2. The van der Waals surface area contributed by atoms with E-state index in [1.165, 1.54) is 0 Å². The van der Waals surface area contributed by atoms with Gasteiger partial charge in [0.2, 0.25) is 5.91 Å². The van der Waals surface area contributed by atoms with Crippen LogP contribution >= 0.6 is 0 Å². The number of rotatable bonds is 4. The minimum absolute atomic E-state index is 0.139. The Morgan fingerprint density at radius 2 is 2.13 bits per heavy atom. The lowest BCUT2D eigenvalue weighted by molar-refractivity contribution is -0.126. The summed E-state index contributed by atoms with van der Waals surface area (Å²) in [5, 5.41) is 23.9. The third-order valence-electron chi connectivity index (χ3n) is 2.75. The standard InChI is InChI=1S/C10H20N2O3/c1-10(6-13,7-14)12-9(15)8-4-2-3-5-11-8/h8,11,13-14H,2-7H2,1H3,(H,12,15)/t8-/m0/s1. The predicted octanol–water partition coefficient (Wildman–Crippen LogP) is -1.01. The second-order valence-corrected chi connectivity index (χ2v) is 4.37. The van der Waals surface area contributed by atoms with E-state index in [-0.39, 0.29) is 25.2 Å². The highest BCUT2D eigenvalue weighted by Crippen LogP contribution is 2.09. The van der Waals surface area contributed by atoms with Crippen LogP contribution in [-0.4, -0.2) is 47.5 Å². The maximum atomic E-state index is 11.7. The van der Waals surface area contributed by atoms with Gasteiger partial charge in [0.1, 0.15) is 0 Å². The minimum atomic E-state index is -0.920. The van der Waals surface area contributed by atoms with E-state index < -0.39 is 5.54 Å². The zero-order chi connectivity index (χ0) is 11.3. The highest BCUT2D eigenvalue weighted by molar-refractivity contribution is 5.82. The lowest BCUT2D eigenvalue weighted by Crippen LogP contribution is -2.57. The fraction of sp³-hybridized carbons (Fsp3) is 0.900. The van der Waals surface area contributed by atoms with Crippen LogP contribution in [0, 0.1) is 0 Å². The fourth-order valence-electron chi connectivity index (χ4n) is 1.59. The van der Waals surface area contributed by atoms with E-state index in [0.29, 0.717) is 0 Å². The predicted molar refractivity (Wildman–Crippen MR) is 56.4 cm³/mol. The summed E-state index contributed by atoms with van der Waals surface area (Å²) >= 11 is 0. The van der Waals surface area contributed by atoms with E-state index >= 15 is 0 Å². The van der Waals surface area contributed by atoms with Crippen molar-refractivity contribution in [2.24, 2.45) is 0 Å². The van der Waals surface area contributed by atoms with Crippen molar-refractivity contribution < 1.29 is 15.0 Å². The van der Waals surface area contributed by atoms with Crippen LogP contribution in [0.4, 0.5) is 0 Å². The number of carbonyl (C=O) groups excluding carboxylic acids is 1. The average molecular weight is 216 g/mol. The first-order valence-electron chi connectivity index (χ1n) is 5.38. The third-order valence-corrected chi connectivity index (χ3v) is 2.75. The number of aliphatic hydroxyl groups is 2. The van der Waals surface area contributed by atoms with Crippen molar-refractivity contribution in [1.82, 2.24) is 10.6 Å². The summed E-state index contributed by atoms with van der Waals surface area (Å²) in [5.74, 6) is -0.139. The molecule has 1 atom stereocenters. The maximum Gasteiger partial charge on any atom is 0.237 e. The van der Waals surface area contributed by atoms with Crippen LogP contribution in [-0.2, 0) is 4.79 Å². The molecule has 0 unspecified atom stereocenters. The fourth-order valence-corrected chi connectivity index (χ4v) is 1.59. The zero-order valence-electron chi connectivity index (χ0n) is 9.12. The monoisotopic (exact) mass is 216 g/mol. The van der Waals surface area contributed by atoms with Gasteiger partial charge >= 0.3 is 0 Å². The first kappa shape index (κ1) is 12.4. The van der Waals surface area contributed by atoms with Gasteiger partial charge in [0.25, 0.3) is 0 Å². The number of hydrogen-bond acceptors (Lipinski definition) is 4. The van der Waals surface area contributed by atoms with Gasteiger partial charge in [-0.25, -0.2) is 0 Å². The van der Waals surface area contributed by atoms with E-state index in [4.69, 9.17) is 10.2 Å². The van der Waals surface area contributed by atoms with Gasteiger partial charge in [-0.2, -0.15) is 0 Å². The van der Waals surface area contributed by atoms with E-state index in [9.17, 15) is 4.79 Å². The molecule has 0 aromatic rings. The molecule has 0 aliphatic carbocycles. The number of nitrogens with one attached hydrogen (secondary N) is 2. The van der Waals surface area contributed by atoms with Crippen LogP contribution in [0.2, 0.25) is 0 Å². The minimum Gasteiger partial charge on any atom is -0.394 e. The molecule has 5 nitrogen and oxygen atoms in total. The Labute approximate surface area is 89.9 Å². The molecule has 1 heterocycles. The summed E-state index contributed by atoms with van der Waals surface area (Å²) in [7, 11) is 0. The molecule has 0 aromatic heterocycles. The Kier molecular flexibility index (Phi) is 4.50. The van der Waals surface area contributed by atoms with E-state index in [1.54, 1.807) is 6.92 Å². The van der Waals surface area contributed by atoms with Gasteiger partial charge in [-0.3, -0.25) is 4.79 Å². The molecule has 0 saturated carbocycles. The summed E-state index contributed by atoms with van der Waals surface area (Å²) in [6.07, 6.45) is 2.96. The Morgan fingerprint density at radius 3 is 2.60 bits per heavy atom. The average Bonchev–Trinajstić information content (AvgIpc) is 2.30. The van der Waals surface area contributed by atoms with Crippen molar-refractivity contribution in [2.75, 3.05) is 19.8 Å². The molecule has 1 rings (SSSR count). The number of hydrogen-bond donors (Lipinski definition) is 4. The summed E-state index contributed by atoms with van der Waals surface area (Å²) in [6, 6.07) is -0.184. The molecule has 0 bridgehead atoms. The van der Waals surface area contributed by atoms with Crippen molar-refractivity contribution in [3.05, 3.63) is 0 Å². The molecular weight excluding hydrogens is 196 g/mol. The first-order chi connectivity index (χ1) is 7.11. The molecule has 1 saturated heterocycles. The van der Waals surface area contributed by atoms with Crippen LogP contribution in [0.15, 0.2) is 0 Å². The van der Waals surface area contributed by atoms with Crippen molar-refractivity contribution in [2.45, 2.75) is 37.8 Å². The summed E-state index contributed by atoms with van der Waals surface area (Å²) in [6.45, 7) is 1.95. The van der Waals surface area contributed by atoms with Gasteiger partial charge in [0.05, 0.1) is 24.8 Å². The SMILES string of the molecule is CC(CO)(CO)NC(=O)[C@@H]1CCCCN1. The highest BCUT2D eigenvalue weighted by atomic mass is 16.3. The second kappa shape index (κ2) is 5.44. The summed E-state index contributed by atoms with van der Waals surface area (Å²) in [5.41, 5.74) is -0.920. The van der Waals surface area contributed by atoms with Crippen LogP contribution in [0.3, 0.4) is 0 Å². The third kappa shape index (κ3) is 3.44. The molecule has 1 aliphatic heterocycles. The van der Waals surface area contributed by atoms with E-state index in [0.717, 1.165) is 25.8 Å². The molecule has 1 amide bonds. The normalized spacial score (nSPS) is 22.5. The van der Waals surface area contributed by atoms with Crippen molar-refractivity contribution in [1.29, 1.82) is 0 Å². The molecule has 88 valence electrons. The summed E-state index contributed by atoms with van der Waals surface area (Å²) in [4.78, 5) is 11.7. The van der Waals surface area contributed by atoms with Gasteiger partial charge in [0, 0.05) is 0 Å². The van der Waals surface area contributed by atoms with Gasteiger partial charge in [-0.1, -0.05) is 6.42 Å². The Morgan fingerprint density at radius 1 is 1.47 bits per heavy atom. The molecule has 0 spiro atoms. The molecular formula is C10H20N2O3. The molecule has 15 heavy (non-hydrogen) atoms. The van der Waals surface area contributed by atoms with Crippen LogP contribution in [0.1, 0.15) is 26.2 Å². The molecule has 0 aromatic carbocycles. The maximum absolute atomic E-state index is 11.7. The lowest BCUT2D eigenvalue weighted by atomic mass is 10.0. The van der Waals surface area contributed by atoms with Crippen LogP contribution in [0.25, 0.3) is 0 Å². The second-order valence-electron chi connectivity index (χ2n) is 4.37. The topological polar surface area (TPSA) is 81.6 Å². The highest BCUT2D eigenvalue weighted by Gasteiger charge is 2.29. The number of amides is 1. The van der Waals surface area contributed by atoms with Crippen molar-refractivity contribution >= 4 is 5.91 Å². The van der Waals surface area contributed by atoms with Crippen molar-refractivity contribution in [3.8, 4) is 0 Å². The largest absolute Gasteiger partial charge is 0.394 e. The van der Waals surface area contributed by atoms with Gasteiger partial charge in [0.15, 0.2) is 0 Å². The van der Waals surface area contributed by atoms with Crippen molar-refractivity contribution in [3.63, 3.8) is 0 Å². The number of piperidine rings is 1. The van der Waals surface area contributed by atoms with Gasteiger partial charge in [-0.15, -0.1) is 0 Å². The first-order valence-corrected chi connectivity index (χ1v) is 5.38. The Hall–Kier alpha value is -0.650. The quantitative estimate of drug-likeness (QED) is 0.485. The number of carbonyl (C=O) groups is 1. The van der Waals surface area contributed by atoms with Crippen LogP contribution < -0.4 is 10.6 Å². The molecule has 1 fully saturated rings. The Bertz CT molecular complexity index is 211. The summed E-state index contributed by atoms with van der Waals surface area (Å²) < 4.78 is 0. The smallest absolute Gasteiger partial charge is 0.237 e. The molecule has 4 N–H and O–H groups in total. The van der Waals surface area contributed by atoms with Gasteiger partial charge in [-0.05, 0) is 26.3 Å².